The third-order valence-corrected chi connectivity index (χ3v) is 5.57. The number of phosphoric acid groups is 1. The first kappa shape index (κ1) is 30.5. The van der Waals surface area contributed by atoms with Crippen LogP contribution in [0.25, 0.3) is 0 Å². The standard InChI is InChI=1S/C19H34N5O10P/c1-10(2)7-13(19(30)24-6-4-5-14(24)18(29)21-8-15(25)26)23-16(27)11(3)22-17(28)12(20)9-34-35(31,32)33/h10-14H,4-9,20H2,1-3H3,(H,21,29)(H,22,28)(H,23,27)(H,25,26)(H2,31,32,33)/t11-,12-,13-,14-/m0/s1. The zero-order valence-corrected chi connectivity index (χ0v) is 20.7. The maximum absolute atomic E-state index is 13.2. The van der Waals surface area contributed by atoms with E-state index in [1.54, 1.807) is 0 Å². The predicted octanol–water partition coefficient (Wildman–Crippen LogP) is -2.35. The van der Waals surface area contributed by atoms with Crippen LogP contribution in [0, 0.1) is 5.92 Å². The molecule has 1 aliphatic rings. The summed E-state index contributed by atoms with van der Waals surface area (Å²) in [7, 11) is -4.83. The Morgan fingerprint density at radius 3 is 2.29 bits per heavy atom. The molecule has 16 heteroatoms. The van der Waals surface area contributed by atoms with Crippen molar-refractivity contribution < 1.29 is 48.0 Å². The van der Waals surface area contributed by atoms with Gasteiger partial charge in [0.1, 0.15) is 30.7 Å². The first-order valence-corrected chi connectivity index (χ1v) is 12.5. The zero-order valence-electron chi connectivity index (χ0n) is 19.8. The molecule has 1 aliphatic heterocycles. The number of carboxylic acid groups (broad SMARTS) is 1. The van der Waals surface area contributed by atoms with Crippen LogP contribution in [0.15, 0.2) is 0 Å². The van der Waals surface area contributed by atoms with E-state index in [0.717, 1.165) is 0 Å². The molecule has 35 heavy (non-hydrogen) atoms. The quantitative estimate of drug-likeness (QED) is 0.126. The van der Waals surface area contributed by atoms with Gasteiger partial charge in [-0.1, -0.05) is 13.8 Å². The van der Waals surface area contributed by atoms with E-state index >= 15 is 0 Å². The van der Waals surface area contributed by atoms with Crippen LogP contribution in [-0.4, -0.2) is 93.3 Å². The number of hydrogen-bond donors (Lipinski definition) is 7. The molecule has 0 bridgehead atoms. The topological polar surface area (TPSA) is 238 Å². The van der Waals surface area contributed by atoms with Crippen molar-refractivity contribution in [3.63, 3.8) is 0 Å². The van der Waals surface area contributed by atoms with E-state index in [0.29, 0.717) is 12.8 Å². The smallest absolute Gasteiger partial charge is 0.469 e. The summed E-state index contributed by atoms with van der Waals surface area (Å²) in [6.45, 7) is 3.90. The predicted molar refractivity (Wildman–Crippen MR) is 120 cm³/mol. The lowest BCUT2D eigenvalue weighted by Gasteiger charge is -2.30. The van der Waals surface area contributed by atoms with Crippen molar-refractivity contribution in [2.75, 3.05) is 19.7 Å². The number of carbonyl (C=O) groups is 5. The van der Waals surface area contributed by atoms with Crippen molar-refractivity contribution in [2.45, 2.75) is 64.2 Å². The van der Waals surface area contributed by atoms with Gasteiger partial charge in [0, 0.05) is 6.54 Å². The minimum atomic E-state index is -4.83. The van der Waals surface area contributed by atoms with E-state index < -0.39 is 74.7 Å². The van der Waals surface area contributed by atoms with Crippen molar-refractivity contribution in [1.29, 1.82) is 0 Å². The molecule has 1 heterocycles. The molecule has 0 unspecified atom stereocenters. The number of carboxylic acids is 1. The molecule has 200 valence electrons. The Hall–Kier alpha value is -2.58. The lowest BCUT2D eigenvalue weighted by molar-refractivity contribution is -0.143. The molecule has 8 N–H and O–H groups in total. The minimum absolute atomic E-state index is 0.0192. The summed E-state index contributed by atoms with van der Waals surface area (Å²) in [6.07, 6.45) is 1.11. The van der Waals surface area contributed by atoms with Crippen molar-refractivity contribution >= 4 is 37.4 Å². The molecule has 1 rings (SSSR count). The van der Waals surface area contributed by atoms with E-state index in [1.165, 1.54) is 11.8 Å². The van der Waals surface area contributed by atoms with Gasteiger partial charge in [-0.05, 0) is 32.1 Å². The number of hydrogen-bond acceptors (Lipinski definition) is 8. The van der Waals surface area contributed by atoms with Crippen molar-refractivity contribution in [1.82, 2.24) is 20.9 Å². The Bertz CT molecular complexity index is 848. The van der Waals surface area contributed by atoms with Crippen LogP contribution < -0.4 is 21.7 Å². The molecule has 4 amide bonds. The third kappa shape index (κ3) is 10.7. The van der Waals surface area contributed by atoms with Gasteiger partial charge in [-0.25, -0.2) is 4.57 Å². The fourth-order valence-electron chi connectivity index (χ4n) is 3.41. The average Bonchev–Trinajstić information content (AvgIpc) is 3.23. The highest BCUT2D eigenvalue weighted by Gasteiger charge is 2.38. The Morgan fingerprint density at radius 1 is 1.11 bits per heavy atom. The summed E-state index contributed by atoms with van der Waals surface area (Å²) >= 11 is 0. The normalized spacial score (nSPS) is 18.5. The molecule has 0 radical (unpaired) electrons. The first-order valence-electron chi connectivity index (χ1n) is 11.0. The number of likely N-dealkylation sites (tertiary alicyclic amines) is 1. The summed E-state index contributed by atoms with van der Waals surface area (Å²) < 4.78 is 14.9. The molecule has 0 aromatic heterocycles. The fraction of sp³-hybridized carbons (Fsp3) is 0.737. The van der Waals surface area contributed by atoms with E-state index in [2.05, 4.69) is 20.5 Å². The molecular formula is C19H34N5O10P. The highest BCUT2D eigenvalue weighted by atomic mass is 31.2. The van der Waals surface area contributed by atoms with Crippen LogP contribution in [0.1, 0.15) is 40.0 Å². The van der Waals surface area contributed by atoms with Crippen molar-refractivity contribution in [3.05, 3.63) is 0 Å². The van der Waals surface area contributed by atoms with E-state index in [9.17, 15) is 28.5 Å². The fourth-order valence-corrected chi connectivity index (χ4v) is 3.77. The van der Waals surface area contributed by atoms with Crippen LogP contribution in [-0.2, 0) is 33.1 Å². The maximum atomic E-state index is 13.2. The summed E-state index contributed by atoms with van der Waals surface area (Å²) in [5, 5.41) is 15.9. The van der Waals surface area contributed by atoms with Crippen LogP contribution in [0.2, 0.25) is 0 Å². The molecule has 0 aromatic rings. The highest BCUT2D eigenvalue weighted by Crippen LogP contribution is 2.35. The number of nitrogens with two attached hydrogens (primary N) is 1. The molecule has 15 nitrogen and oxygen atoms in total. The highest BCUT2D eigenvalue weighted by molar-refractivity contribution is 7.46. The van der Waals surface area contributed by atoms with E-state index in [-0.39, 0.29) is 18.9 Å². The number of amides is 4. The Balaban J connectivity index is 2.82. The van der Waals surface area contributed by atoms with Crippen LogP contribution in [0.5, 0.6) is 0 Å². The van der Waals surface area contributed by atoms with Gasteiger partial charge in [-0.15, -0.1) is 0 Å². The third-order valence-electron chi connectivity index (χ3n) is 5.09. The van der Waals surface area contributed by atoms with Gasteiger partial charge in [-0.2, -0.15) is 0 Å². The number of nitrogens with one attached hydrogen (secondary N) is 3. The SMILES string of the molecule is CC(C)C[C@H](NC(=O)[C@H](C)NC(=O)[C@@H](N)COP(=O)(O)O)C(=O)N1CCC[C@H]1C(=O)NCC(=O)O. The average molecular weight is 523 g/mol. The van der Waals surface area contributed by atoms with Crippen LogP contribution >= 0.6 is 7.82 Å². The van der Waals surface area contributed by atoms with Gasteiger partial charge in [0.25, 0.3) is 0 Å². The van der Waals surface area contributed by atoms with E-state index in [4.69, 9.17) is 20.6 Å². The molecule has 0 aromatic carbocycles. The number of nitrogens with zero attached hydrogens (tertiary/aromatic N) is 1. The lowest BCUT2D eigenvalue weighted by atomic mass is 10.0. The monoisotopic (exact) mass is 523 g/mol. The molecule has 1 saturated heterocycles. The number of aliphatic carboxylic acids is 1. The molecule has 0 aliphatic carbocycles. The Kier molecular flexibility index (Phi) is 11.7. The second kappa shape index (κ2) is 13.5. The van der Waals surface area contributed by atoms with Gasteiger partial charge >= 0.3 is 13.8 Å². The van der Waals surface area contributed by atoms with Gasteiger partial charge in [0.05, 0.1) is 6.61 Å². The largest absolute Gasteiger partial charge is 0.480 e. The summed E-state index contributed by atoms with van der Waals surface area (Å²) in [4.78, 5) is 79.8. The molecule has 1 fully saturated rings. The zero-order chi connectivity index (χ0) is 26.9. The molecular weight excluding hydrogens is 489 g/mol. The minimum Gasteiger partial charge on any atom is -0.480 e. The Morgan fingerprint density at radius 2 is 1.74 bits per heavy atom. The second-order valence-electron chi connectivity index (χ2n) is 8.62. The van der Waals surface area contributed by atoms with Crippen molar-refractivity contribution in [3.8, 4) is 0 Å². The van der Waals surface area contributed by atoms with Gasteiger partial charge < -0.3 is 41.5 Å². The Labute approximate surface area is 202 Å². The lowest BCUT2D eigenvalue weighted by Crippen LogP contribution is -2.57. The van der Waals surface area contributed by atoms with E-state index in [1.807, 2.05) is 13.8 Å². The van der Waals surface area contributed by atoms with Crippen molar-refractivity contribution in [2.24, 2.45) is 11.7 Å². The first-order chi connectivity index (χ1) is 16.1. The van der Waals surface area contributed by atoms with Gasteiger partial charge in [-0.3, -0.25) is 28.5 Å². The number of rotatable bonds is 13. The number of carbonyl (C=O) groups excluding carboxylic acids is 4. The molecule has 4 atom stereocenters. The second-order valence-corrected chi connectivity index (χ2v) is 9.85. The van der Waals surface area contributed by atoms with Crippen LogP contribution in [0.3, 0.4) is 0 Å². The summed E-state index contributed by atoms with van der Waals surface area (Å²) in [5.74, 6) is -3.96. The summed E-state index contributed by atoms with van der Waals surface area (Å²) in [5.41, 5.74) is 5.51. The summed E-state index contributed by atoms with van der Waals surface area (Å²) in [6, 6.07) is -4.49. The number of phosphoric ester groups is 1. The van der Waals surface area contributed by atoms with Gasteiger partial charge in [0.15, 0.2) is 0 Å². The molecule has 0 spiro atoms. The maximum Gasteiger partial charge on any atom is 0.469 e. The van der Waals surface area contributed by atoms with Crippen LogP contribution in [0.4, 0.5) is 0 Å². The van der Waals surface area contributed by atoms with Gasteiger partial charge in [0.2, 0.25) is 23.6 Å². The molecule has 0 saturated carbocycles.